The lowest BCUT2D eigenvalue weighted by molar-refractivity contribution is -0.433. The summed E-state index contributed by atoms with van der Waals surface area (Å²) in [5.41, 5.74) is 2.50. The van der Waals surface area contributed by atoms with Gasteiger partial charge >= 0.3 is 0 Å². The number of hydrogen-bond acceptors (Lipinski definition) is 7. The van der Waals surface area contributed by atoms with Crippen LogP contribution in [-0.2, 0) is 18.9 Å². The van der Waals surface area contributed by atoms with E-state index in [0.29, 0.717) is 48.2 Å². The van der Waals surface area contributed by atoms with E-state index in [1.54, 1.807) is 7.11 Å². The third-order valence-corrected chi connectivity index (χ3v) is 7.53. The van der Waals surface area contributed by atoms with Crippen molar-refractivity contribution < 1.29 is 28.3 Å². The maximum absolute atomic E-state index is 12.5. The van der Waals surface area contributed by atoms with Gasteiger partial charge in [-0.15, -0.1) is 0 Å². The normalized spacial score (nSPS) is 34.7. The Morgan fingerprint density at radius 1 is 1.30 bits per heavy atom. The molecular weight excluding hydrogens is 368 g/mol. The first-order valence-electron chi connectivity index (χ1n) is 9.56. The smallest absolute Gasteiger partial charge is 0.261 e. The van der Waals surface area contributed by atoms with Gasteiger partial charge in [0.05, 0.1) is 6.61 Å². The van der Waals surface area contributed by atoms with E-state index in [0.717, 1.165) is 32.1 Å². The van der Waals surface area contributed by atoms with Crippen LogP contribution in [0.25, 0.3) is 0 Å². The van der Waals surface area contributed by atoms with Crippen LogP contribution < -0.4 is 4.18 Å². The Hall–Kier alpha value is -1.12. The van der Waals surface area contributed by atoms with E-state index in [-0.39, 0.29) is 11.3 Å². The van der Waals surface area contributed by atoms with Crippen molar-refractivity contribution in [2.75, 3.05) is 13.7 Å². The van der Waals surface area contributed by atoms with E-state index < -0.39 is 0 Å². The highest BCUT2D eigenvalue weighted by Gasteiger charge is 2.55. The molecular formula is C20H26O6S. The van der Waals surface area contributed by atoms with Gasteiger partial charge in [-0.05, 0) is 66.7 Å². The minimum Gasteiger partial charge on any atom is -0.399 e. The topological polar surface area (TPSA) is 74.2 Å². The van der Waals surface area contributed by atoms with Gasteiger partial charge in [0.15, 0.2) is 0 Å². The van der Waals surface area contributed by atoms with Crippen molar-refractivity contribution >= 4 is 18.1 Å². The number of fused-ring (bicyclic) bond motifs is 5. The lowest BCUT2D eigenvalue weighted by atomic mass is 9.54. The number of benzene rings is 1. The van der Waals surface area contributed by atoms with E-state index in [9.17, 15) is 4.79 Å². The number of carbonyl (C=O) groups excluding carboxylic acids is 1. The Labute approximate surface area is 163 Å². The number of ether oxygens (including phenoxy) is 1. The van der Waals surface area contributed by atoms with E-state index in [1.165, 1.54) is 11.1 Å². The zero-order valence-corrected chi connectivity index (χ0v) is 16.5. The minimum absolute atomic E-state index is 0.127. The lowest BCUT2D eigenvalue weighted by Crippen LogP contribution is -2.43. The first-order valence-corrected chi connectivity index (χ1v) is 10.2. The van der Waals surface area contributed by atoms with Gasteiger partial charge in [0.25, 0.3) is 12.3 Å². The maximum Gasteiger partial charge on any atom is 0.261 e. The molecule has 2 fully saturated rings. The number of ketones is 1. The SMILES string of the molecule is COC[C@@H]1C[C@@H]2[C@H](CC[C@]3(C)C(=O)CC[C@@H]23)c2ccc(OSOOO)cc21. The summed E-state index contributed by atoms with van der Waals surface area (Å²) in [4.78, 5) is 12.5. The predicted octanol–water partition coefficient (Wildman–Crippen LogP) is 4.66. The largest absolute Gasteiger partial charge is 0.399 e. The molecule has 7 heteroatoms. The van der Waals surface area contributed by atoms with Crippen LogP contribution in [0.2, 0.25) is 0 Å². The van der Waals surface area contributed by atoms with Gasteiger partial charge in [0.2, 0.25) is 0 Å². The molecule has 6 nitrogen and oxygen atoms in total. The number of methoxy groups -OCH3 is 1. The summed E-state index contributed by atoms with van der Waals surface area (Å²) in [6, 6.07) is 6.10. The van der Waals surface area contributed by atoms with Gasteiger partial charge in [-0.3, -0.25) is 4.79 Å². The predicted molar refractivity (Wildman–Crippen MR) is 100.0 cm³/mol. The van der Waals surface area contributed by atoms with Crippen LogP contribution in [0.5, 0.6) is 5.75 Å². The quantitative estimate of drug-likeness (QED) is 0.325. The van der Waals surface area contributed by atoms with Crippen molar-refractivity contribution in [1.82, 2.24) is 0 Å². The summed E-state index contributed by atoms with van der Waals surface area (Å²) in [6.45, 7) is 2.85. The molecule has 0 radical (unpaired) electrons. The third kappa shape index (κ3) is 3.29. The van der Waals surface area contributed by atoms with Crippen molar-refractivity contribution in [3.05, 3.63) is 29.3 Å². The van der Waals surface area contributed by atoms with Crippen LogP contribution in [0.15, 0.2) is 18.2 Å². The zero-order valence-electron chi connectivity index (χ0n) is 15.7. The molecule has 5 atom stereocenters. The van der Waals surface area contributed by atoms with Crippen LogP contribution in [0.3, 0.4) is 0 Å². The molecule has 27 heavy (non-hydrogen) atoms. The standard InChI is InChI=1S/C20H26O6S/c1-20-8-7-15-14-4-3-13(24-27-26-25-22)10-16(14)12(11-23-2)9-17(15)18(20)5-6-19(20)21/h3-4,10,12,15,17-18,22H,5-9,11H2,1-2H3/t12-,15+,17+,18-,20-/m0/s1. The van der Waals surface area contributed by atoms with Crippen molar-refractivity contribution in [3.8, 4) is 5.75 Å². The molecule has 1 N–H and O–H groups in total. The number of hydrogen-bond donors (Lipinski definition) is 1. The summed E-state index contributed by atoms with van der Waals surface area (Å²) in [6.07, 6.45) is 4.87. The molecule has 1 aromatic carbocycles. The van der Waals surface area contributed by atoms with E-state index in [1.807, 2.05) is 12.1 Å². The molecule has 0 saturated heterocycles. The van der Waals surface area contributed by atoms with E-state index in [4.69, 9.17) is 14.2 Å². The Morgan fingerprint density at radius 2 is 2.15 bits per heavy atom. The monoisotopic (exact) mass is 394 g/mol. The summed E-state index contributed by atoms with van der Waals surface area (Å²) in [5, 5.41) is 11.8. The molecule has 148 valence electrons. The fourth-order valence-corrected chi connectivity index (χ4v) is 6.18. The average Bonchev–Trinajstić information content (AvgIpc) is 2.97. The lowest BCUT2D eigenvalue weighted by Gasteiger charge is -2.50. The highest BCUT2D eigenvalue weighted by Crippen LogP contribution is 2.61. The number of rotatable bonds is 6. The Kier molecular flexibility index (Phi) is 5.49. The Balaban J connectivity index is 1.64. The first kappa shape index (κ1) is 19.2. The molecule has 1 aromatic rings. The molecule has 2 saturated carbocycles. The van der Waals surface area contributed by atoms with E-state index in [2.05, 4.69) is 22.4 Å². The van der Waals surface area contributed by atoms with Crippen molar-refractivity contribution in [1.29, 1.82) is 0 Å². The third-order valence-electron chi connectivity index (χ3n) is 7.16. The summed E-state index contributed by atoms with van der Waals surface area (Å²) >= 11 is 0.566. The highest BCUT2D eigenvalue weighted by molar-refractivity contribution is 7.90. The molecule has 4 rings (SSSR count). The van der Waals surface area contributed by atoms with Crippen molar-refractivity contribution in [2.24, 2.45) is 17.3 Å². The molecule has 0 bridgehead atoms. The zero-order chi connectivity index (χ0) is 19.0. The number of carbonyl (C=O) groups is 1. The minimum atomic E-state index is -0.127. The van der Waals surface area contributed by atoms with Crippen LogP contribution in [0.1, 0.15) is 62.0 Å². The first-order chi connectivity index (χ1) is 13.1. The molecule has 3 aliphatic carbocycles. The highest BCUT2D eigenvalue weighted by atomic mass is 32.2. The summed E-state index contributed by atoms with van der Waals surface area (Å²) in [7, 11) is 1.73. The average molecular weight is 394 g/mol. The fourth-order valence-electron chi connectivity index (χ4n) is 5.95. The summed E-state index contributed by atoms with van der Waals surface area (Å²) < 4.78 is 15.2. The van der Waals surface area contributed by atoms with Crippen molar-refractivity contribution in [3.63, 3.8) is 0 Å². The van der Waals surface area contributed by atoms with Crippen LogP contribution in [0.4, 0.5) is 0 Å². The van der Waals surface area contributed by atoms with E-state index >= 15 is 0 Å². The van der Waals surface area contributed by atoms with Gasteiger partial charge in [0, 0.05) is 24.9 Å². The van der Waals surface area contributed by atoms with Crippen LogP contribution in [0, 0.1) is 17.3 Å². The van der Waals surface area contributed by atoms with Crippen LogP contribution in [-0.4, -0.2) is 24.8 Å². The molecule has 0 spiro atoms. The second-order valence-corrected chi connectivity index (χ2v) is 8.71. The molecule has 0 aliphatic heterocycles. The molecule has 0 heterocycles. The Morgan fingerprint density at radius 3 is 2.93 bits per heavy atom. The van der Waals surface area contributed by atoms with Gasteiger partial charge in [-0.25, -0.2) is 5.26 Å². The second kappa shape index (κ2) is 7.72. The molecule has 0 aromatic heterocycles. The number of Topliss-reactive ketones (excluding diaryl/α,β-unsaturated/α-hetero) is 1. The molecule has 0 unspecified atom stereocenters. The van der Waals surface area contributed by atoms with Gasteiger partial charge in [-0.2, -0.15) is 0 Å². The molecule has 3 aliphatic rings. The van der Waals surface area contributed by atoms with Gasteiger partial charge in [-0.1, -0.05) is 22.4 Å². The van der Waals surface area contributed by atoms with Gasteiger partial charge < -0.3 is 8.92 Å². The molecule has 0 amide bonds. The maximum atomic E-state index is 12.5. The van der Waals surface area contributed by atoms with Crippen LogP contribution >= 0.6 is 12.3 Å². The summed E-state index contributed by atoms with van der Waals surface area (Å²) in [5.74, 6) is 2.91. The fraction of sp³-hybridized carbons (Fsp3) is 0.650. The second-order valence-electron chi connectivity index (χ2n) is 8.27. The Bertz CT molecular complexity index is 710. The van der Waals surface area contributed by atoms with Crippen molar-refractivity contribution in [2.45, 2.75) is 50.9 Å². The van der Waals surface area contributed by atoms with Gasteiger partial charge in [0.1, 0.15) is 11.5 Å².